The smallest absolute Gasteiger partial charge is 0.160 e. The number of rotatable bonds is 5. The standard InChI is InChI=1S/C46H32N2O/c1-3-13-35(14-4-1)41-30-42(36-15-5-2-6-16-36)48-46(47-41)37-28-24-32(25-29-37)31-22-26-34(27-23-31)38-20-11-17-33-12-7-8-18-39(33)45-44(38)40-19-9-10-21-43(40)49-45/h1-10,12-16,18-30H,11,17H2/b38-20-. The Hall–Kier alpha value is -6.32. The summed E-state index contributed by atoms with van der Waals surface area (Å²) in [7, 11) is 0. The highest BCUT2D eigenvalue weighted by Gasteiger charge is 2.23. The molecule has 0 saturated carbocycles. The van der Waals surface area contributed by atoms with Crippen molar-refractivity contribution < 1.29 is 4.42 Å². The molecule has 2 aromatic heterocycles. The summed E-state index contributed by atoms with van der Waals surface area (Å²) >= 11 is 0. The van der Waals surface area contributed by atoms with Crippen LogP contribution in [0.4, 0.5) is 0 Å². The molecule has 0 aliphatic heterocycles. The van der Waals surface area contributed by atoms with Gasteiger partial charge in [0.05, 0.1) is 11.4 Å². The number of furan rings is 1. The third-order valence-corrected chi connectivity index (χ3v) is 9.43. The molecule has 232 valence electrons. The fourth-order valence-electron chi connectivity index (χ4n) is 6.94. The van der Waals surface area contributed by atoms with Crippen molar-refractivity contribution in [3.63, 3.8) is 0 Å². The van der Waals surface area contributed by atoms with E-state index < -0.39 is 0 Å². The summed E-state index contributed by atoms with van der Waals surface area (Å²) < 4.78 is 6.56. The first-order chi connectivity index (χ1) is 24.3. The summed E-state index contributed by atoms with van der Waals surface area (Å²) in [5.74, 6) is 1.67. The van der Waals surface area contributed by atoms with Gasteiger partial charge in [0.2, 0.25) is 0 Å². The first-order valence-electron chi connectivity index (χ1n) is 16.8. The van der Waals surface area contributed by atoms with Gasteiger partial charge >= 0.3 is 0 Å². The van der Waals surface area contributed by atoms with E-state index in [1.807, 2.05) is 42.5 Å². The molecule has 2 heterocycles. The molecule has 0 radical (unpaired) electrons. The van der Waals surface area contributed by atoms with Crippen molar-refractivity contribution in [1.82, 2.24) is 9.97 Å². The Kier molecular flexibility index (Phi) is 7.29. The molecule has 1 aliphatic rings. The number of para-hydroxylation sites is 1. The van der Waals surface area contributed by atoms with E-state index in [0.29, 0.717) is 5.82 Å². The lowest BCUT2D eigenvalue weighted by Crippen LogP contribution is -1.97. The molecule has 0 fully saturated rings. The Morgan fingerprint density at radius 3 is 1.69 bits per heavy atom. The number of aromatic nitrogens is 2. The first kappa shape index (κ1) is 28.9. The van der Waals surface area contributed by atoms with Crippen LogP contribution in [-0.2, 0) is 6.42 Å². The third-order valence-electron chi connectivity index (χ3n) is 9.43. The monoisotopic (exact) mass is 628 g/mol. The lowest BCUT2D eigenvalue weighted by molar-refractivity contribution is 0.629. The SMILES string of the molecule is C1=C(/c2ccc(-c3ccc(-c4nc(-c5ccccc5)cc(-c5ccccc5)n4)cc3)cc2)c2c(oc3ccccc23)-c2ccccc2CC/1. The van der Waals surface area contributed by atoms with Crippen molar-refractivity contribution in [2.45, 2.75) is 12.8 Å². The van der Waals surface area contributed by atoms with Crippen molar-refractivity contribution in [2.24, 2.45) is 0 Å². The van der Waals surface area contributed by atoms with E-state index in [-0.39, 0.29) is 0 Å². The van der Waals surface area contributed by atoms with Crippen molar-refractivity contribution in [2.75, 3.05) is 0 Å². The minimum Gasteiger partial charge on any atom is -0.455 e. The van der Waals surface area contributed by atoms with Gasteiger partial charge in [0.15, 0.2) is 5.82 Å². The molecular weight excluding hydrogens is 597 g/mol. The molecule has 3 heteroatoms. The van der Waals surface area contributed by atoms with Crippen LogP contribution >= 0.6 is 0 Å². The summed E-state index contributed by atoms with van der Waals surface area (Å²) in [5, 5.41) is 1.15. The molecule has 8 aromatic rings. The van der Waals surface area contributed by atoms with E-state index >= 15 is 0 Å². The highest BCUT2D eigenvalue weighted by molar-refractivity contribution is 6.02. The molecule has 0 unspecified atom stereocenters. The van der Waals surface area contributed by atoms with E-state index in [9.17, 15) is 0 Å². The van der Waals surface area contributed by atoms with Gasteiger partial charge in [0.1, 0.15) is 11.3 Å². The lowest BCUT2D eigenvalue weighted by atomic mass is 9.87. The van der Waals surface area contributed by atoms with Crippen LogP contribution in [0.2, 0.25) is 0 Å². The number of benzene rings is 6. The predicted molar refractivity (Wildman–Crippen MR) is 201 cm³/mol. The quantitative estimate of drug-likeness (QED) is 0.190. The van der Waals surface area contributed by atoms with Gasteiger partial charge in [-0.25, -0.2) is 9.97 Å². The molecule has 0 spiro atoms. The van der Waals surface area contributed by atoms with Gasteiger partial charge in [-0.05, 0) is 52.8 Å². The summed E-state index contributed by atoms with van der Waals surface area (Å²) in [5.41, 5.74) is 14.3. The van der Waals surface area contributed by atoms with Gasteiger partial charge in [-0.15, -0.1) is 0 Å². The molecule has 0 bridgehead atoms. The Morgan fingerprint density at radius 1 is 0.469 bits per heavy atom. The zero-order chi connectivity index (χ0) is 32.6. The van der Waals surface area contributed by atoms with Gasteiger partial charge in [-0.2, -0.15) is 0 Å². The highest BCUT2D eigenvalue weighted by Crippen LogP contribution is 2.43. The second-order valence-corrected chi connectivity index (χ2v) is 12.5. The van der Waals surface area contributed by atoms with E-state index in [1.165, 1.54) is 27.8 Å². The van der Waals surface area contributed by atoms with E-state index in [1.54, 1.807) is 0 Å². The number of allylic oxidation sites excluding steroid dienone is 1. The minimum absolute atomic E-state index is 0.711. The number of fused-ring (bicyclic) bond motifs is 5. The number of aryl methyl sites for hydroxylation is 1. The van der Waals surface area contributed by atoms with Crippen molar-refractivity contribution in [3.8, 4) is 56.4 Å². The van der Waals surface area contributed by atoms with Crippen molar-refractivity contribution >= 4 is 16.5 Å². The zero-order valence-electron chi connectivity index (χ0n) is 26.9. The van der Waals surface area contributed by atoms with Crippen LogP contribution in [0.1, 0.15) is 23.1 Å². The van der Waals surface area contributed by atoms with Crippen LogP contribution in [0, 0.1) is 0 Å². The number of hydrogen-bond donors (Lipinski definition) is 0. The normalized spacial score (nSPS) is 13.5. The summed E-state index contributed by atoms with van der Waals surface area (Å²) in [4.78, 5) is 10.0. The Bertz CT molecular complexity index is 2400. The van der Waals surface area contributed by atoms with Crippen LogP contribution in [0.3, 0.4) is 0 Å². The Labute approximate surface area is 285 Å². The summed E-state index contributed by atoms with van der Waals surface area (Å²) in [6.07, 6.45) is 4.33. The van der Waals surface area contributed by atoms with E-state index in [0.717, 1.165) is 68.8 Å². The zero-order valence-corrected chi connectivity index (χ0v) is 26.9. The fourth-order valence-corrected chi connectivity index (χ4v) is 6.94. The van der Waals surface area contributed by atoms with Crippen LogP contribution in [0.25, 0.3) is 72.9 Å². The lowest BCUT2D eigenvalue weighted by Gasteiger charge is -2.16. The van der Waals surface area contributed by atoms with Crippen LogP contribution in [0.15, 0.2) is 174 Å². The molecule has 49 heavy (non-hydrogen) atoms. The minimum atomic E-state index is 0.711. The maximum absolute atomic E-state index is 6.56. The molecule has 3 nitrogen and oxygen atoms in total. The number of nitrogens with zero attached hydrogens (tertiary/aromatic N) is 2. The molecule has 0 atom stereocenters. The van der Waals surface area contributed by atoms with Gasteiger partial charge < -0.3 is 4.42 Å². The van der Waals surface area contributed by atoms with Crippen molar-refractivity contribution in [3.05, 3.63) is 187 Å². The second-order valence-electron chi connectivity index (χ2n) is 12.5. The Balaban J connectivity index is 1.06. The van der Waals surface area contributed by atoms with Gasteiger partial charge in [-0.3, -0.25) is 0 Å². The topological polar surface area (TPSA) is 38.9 Å². The average Bonchev–Trinajstić information content (AvgIpc) is 3.55. The second kappa shape index (κ2) is 12.4. The number of hydrogen-bond acceptors (Lipinski definition) is 3. The Morgan fingerprint density at radius 2 is 1.02 bits per heavy atom. The van der Waals surface area contributed by atoms with Gasteiger partial charge in [0.25, 0.3) is 0 Å². The summed E-state index contributed by atoms with van der Waals surface area (Å²) in [6.45, 7) is 0. The molecule has 9 rings (SSSR count). The largest absolute Gasteiger partial charge is 0.455 e. The maximum Gasteiger partial charge on any atom is 0.160 e. The molecule has 0 saturated heterocycles. The van der Waals surface area contributed by atoms with Crippen LogP contribution in [0.5, 0.6) is 0 Å². The third kappa shape index (κ3) is 5.46. The van der Waals surface area contributed by atoms with Gasteiger partial charge in [-0.1, -0.05) is 158 Å². The molecule has 0 amide bonds. The average molecular weight is 629 g/mol. The van der Waals surface area contributed by atoms with Crippen LogP contribution in [-0.4, -0.2) is 9.97 Å². The fraction of sp³-hybridized carbons (Fsp3) is 0.0435. The molecule has 0 N–H and O–H groups in total. The van der Waals surface area contributed by atoms with Crippen molar-refractivity contribution in [1.29, 1.82) is 0 Å². The molecule has 1 aliphatic carbocycles. The maximum atomic E-state index is 6.56. The highest BCUT2D eigenvalue weighted by atomic mass is 16.3. The van der Waals surface area contributed by atoms with Gasteiger partial charge in [0, 0.05) is 33.2 Å². The van der Waals surface area contributed by atoms with E-state index in [2.05, 4.69) is 127 Å². The van der Waals surface area contributed by atoms with Crippen LogP contribution < -0.4 is 0 Å². The molecular formula is C46H32N2O. The first-order valence-corrected chi connectivity index (χ1v) is 16.8. The molecule has 6 aromatic carbocycles. The van der Waals surface area contributed by atoms with E-state index in [4.69, 9.17) is 14.4 Å². The predicted octanol–water partition coefficient (Wildman–Crippen LogP) is 11.9. The summed E-state index contributed by atoms with van der Waals surface area (Å²) in [6, 6.07) is 57.2.